The van der Waals surface area contributed by atoms with Gasteiger partial charge in [-0.1, -0.05) is 48.7 Å². The van der Waals surface area contributed by atoms with Gasteiger partial charge in [0.25, 0.3) is 5.91 Å². The molecule has 1 saturated carbocycles. The van der Waals surface area contributed by atoms with Crippen molar-refractivity contribution < 1.29 is 22.9 Å². The van der Waals surface area contributed by atoms with E-state index in [0.29, 0.717) is 25.6 Å². The first-order valence-corrected chi connectivity index (χ1v) is 14.2. The molecule has 2 atom stereocenters. The summed E-state index contributed by atoms with van der Waals surface area (Å²) in [7, 11) is 0. The normalized spacial score (nSPS) is 20.3. The molecule has 2 aliphatic rings. The maximum Gasteiger partial charge on any atom is 0.273 e. The lowest BCUT2D eigenvalue weighted by Crippen LogP contribution is -2.58. The van der Waals surface area contributed by atoms with Gasteiger partial charge in [0, 0.05) is 43.9 Å². The van der Waals surface area contributed by atoms with Crippen LogP contribution in [0.1, 0.15) is 60.1 Å². The van der Waals surface area contributed by atoms with E-state index in [2.05, 4.69) is 39.7 Å². The van der Waals surface area contributed by atoms with Gasteiger partial charge >= 0.3 is 0 Å². The number of hydrogen-bond acceptors (Lipinski definition) is 5. The number of carbonyl (C=O) groups excluding carboxylic acids is 2. The molecule has 2 amide bonds. The van der Waals surface area contributed by atoms with Crippen LogP contribution in [0, 0.1) is 24.5 Å². The molecule has 2 fully saturated rings. The highest BCUT2D eigenvalue weighted by atomic mass is 19.1. The summed E-state index contributed by atoms with van der Waals surface area (Å²) in [4.78, 5) is 29.1. The summed E-state index contributed by atoms with van der Waals surface area (Å²) in [5.41, 5.74) is 2.38. The minimum absolute atomic E-state index is 0.0136. The van der Waals surface area contributed by atoms with Crippen LogP contribution in [0.4, 0.5) is 8.78 Å². The number of amides is 2. The number of nitrogens with one attached hydrogen (secondary N) is 2. The summed E-state index contributed by atoms with van der Waals surface area (Å²) in [6.45, 7) is 3.95. The molecule has 5 rings (SSSR count). The molecule has 0 unspecified atom stereocenters. The maximum absolute atomic E-state index is 14.2. The lowest BCUT2D eigenvalue weighted by atomic mass is 9.87. The van der Waals surface area contributed by atoms with Gasteiger partial charge in [-0.05, 0) is 55.9 Å². The first-order chi connectivity index (χ1) is 19.4. The number of piperidine rings is 1. The fraction of sp³-hybridized carbons (Fsp3) is 0.452. The second-order valence-electron chi connectivity index (χ2n) is 10.9. The van der Waals surface area contributed by atoms with Crippen LogP contribution in [-0.4, -0.2) is 53.6 Å². The summed E-state index contributed by atoms with van der Waals surface area (Å²) >= 11 is 0. The SMILES string of the molecule is Cc1ccccc1CCNC(=O)[C@H]1CN(C2CCCCC2)CC[C@@H]1NC(=O)c1cc(-c2ccc(F)cc2F)on1. The number of rotatable bonds is 8. The van der Waals surface area contributed by atoms with Crippen molar-refractivity contribution in [2.24, 2.45) is 5.92 Å². The van der Waals surface area contributed by atoms with E-state index in [-0.39, 0.29) is 29.0 Å². The van der Waals surface area contributed by atoms with Crippen molar-refractivity contribution in [1.82, 2.24) is 20.7 Å². The summed E-state index contributed by atoms with van der Waals surface area (Å²) in [6.07, 6.45) is 7.31. The van der Waals surface area contributed by atoms with E-state index in [1.807, 2.05) is 12.1 Å². The summed E-state index contributed by atoms with van der Waals surface area (Å²) < 4.78 is 32.7. The molecule has 2 N–H and O–H groups in total. The van der Waals surface area contributed by atoms with Crippen molar-refractivity contribution in [2.75, 3.05) is 19.6 Å². The molecular weight excluding hydrogens is 514 g/mol. The number of nitrogens with zero attached hydrogens (tertiary/aromatic N) is 2. The standard InChI is InChI=1S/C31H36F2N4O3/c1-20-7-5-6-8-21(20)13-15-34-30(38)25-19-37(23-9-3-2-4-10-23)16-14-27(25)35-31(39)28-18-29(40-36-28)24-12-11-22(32)17-26(24)33/h5-8,11-12,17-18,23,25,27H,2-4,9-10,13-16,19H2,1H3,(H,34,38)(H,35,39)/t25-,27-/m0/s1. The highest BCUT2D eigenvalue weighted by molar-refractivity contribution is 5.94. The van der Waals surface area contributed by atoms with E-state index >= 15 is 0 Å². The zero-order valence-electron chi connectivity index (χ0n) is 22.8. The third-order valence-electron chi connectivity index (χ3n) is 8.28. The summed E-state index contributed by atoms with van der Waals surface area (Å²) in [5, 5.41) is 9.91. The van der Waals surface area contributed by atoms with Gasteiger partial charge in [0.15, 0.2) is 11.5 Å². The minimum Gasteiger partial charge on any atom is -0.355 e. The summed E-state index contributed by atoms with van der Waals surface area (Å²) in [5.74, 6) is -2.47. The fourth-order valence-corrected chi connectivity index (χ4v) is 5.98. The van der Waals surface area contributed by atoms with Gasteiger partial charge in [-0.2, -0.15) is 0 Å². The molecule has 0 bridgehead atoms. The Hall–Kier alpha value is -3.59. The van der Waals surface area contributed by atoms with E-state index < -0.39 is 23.5 Å². The molecule has 1 aliphatic carbocycles. The van der Waals surface area contributed by atoms with Crippen molar-refractivity contribution in [3.63, 3.8) is 0 Å². The van der Waals surface area contributed by atoms with Crippen LogP contribution in [0.2, 0.25) is 0 Å². The quantitative estimate of drug-likeness (QED) is 0.410. The molecule has 1 saturated heterocycles. The Morgan fingerprint density at radius 1 is 1.05 bits per heavy atom. The molecule has 2 aromatic carbocycles. The molecule has 1 aliphatic heterocycles. The summed E-state index contributed by atoms with van der Waals surface area (Å²) in [6, 6.07) is 12.7. The van der Waals surface area contributed by atoms with Crippen molar-refractivity contribution in [1.29, 1.82) is 0 Å². The predicted octanol–water partition coefficient (Wildman–Crippen LogP) is 5.04. The first-order valence-electron chi connectivity index (χ1n) is 14.2. The third-order valence-corrected chi connectivity index (χ3v) is 8.28. The number of aryl methyl sites for hydroxylation is 1. The van der Waals surface area contributed by atoms with E-state index in [0.717, 1.165) is 37.9 Å². The third kappa shape index (κ3) is 6.58. The fourth-order valence-electron chi connectivity index (χ4n) is 5.98. The largest absolute Gasteiger partial charge is 0.355 e. The van der Waals surface area contributed by atoms with Crippen LogP contribution >= 0.6 is 0 Å². The molecule has 40 heavy (non-hydrogen) atoms. The van der Waals surface area contributed by atoms with Gasteiger partial charge in [-0.15, -0.1) is 0 Å². The van der Waals surface area contributed by atoms with Gasteiger partial charge in [-0.3, -0.25) is 14.5 Å². The Morgan fingerprint density at radius 3 is 2.62 bits per heavy atom. The van der Waals surface area contributed by atoms with Crippen molar-refractivity contribution in [2.45, 2.75) is 64.0 Å². The van der Waals surface area contributed by atoms with Crippen molar-refractivity contribution >= 4 is 11.8 Å². The van der Waals surface area contributed by atoms with E-state index in [1.54, 1.807) is 0 Å². The molecule has 7 nitrogen and oxygen atoms in total. The van der Waals surface area contributed by atoms with Crippen LogP contribution in [0.3, 0.4) is 0 Å². The van der Waals surface area contributed by atoms with Crippen LogP contribution < -0.4 is 10.6 Å². The maximum atomic E-state index is 14.2. The van der Waals surface area contributed by atoms with Gasteiger partial charge in [0.2, 0.25) is 5.91 Å². The topological polar surface area (TPSA) is 87.5 Å². The smallest absolute Gasteiger partial charge is 0.273 e. The number of benzene rings is 2. The number of halogens is 2. The Labute approximate surface area is 233 Å². The second-order valence-corrected chi connectivity index (χ2v) is 10.9. The predicted molar refractivity (Wildman–Crippen MR) is 148 cm³/mol. The minimum atomic E-state index is -0.805. The Kier molecular flexibility index (Phi) is 8.89. The van der Waals surface area contributed by atoms with E-state index in [4.69, 9.17) is 4.52 Å². The zero-order chi connectivity index (χ0) is 28.1. The van der Waals surface area contributed by atoms with Crippen LogP contribution in [0.15, 0.2) is 53.1 Å². The van der Waals surface area contributed by atoms with Crippen LogP contribution in [0.5, 0.6) is 0 Å². The average Bonchev–Trinajstić information content (AvgIpc) is 3.45. The Balaban J connectivity index is 1.26. The Morgan fingerprint density at radius 2 is 1.85 bits per heavy atom. The number of aromatic nitrogens is 1. The highest BCUT2D eigenvalue weighted by Gasteiger charge is 2.38. The number of likely N-dealkylation sites (tertiary alicyclic amines) is 1. The zero-order valence-corrected chi connectivity index (χ0v) is 22.8. The number of carbonyl (C=O) groups is 2. The lowest BCUT2D eigenvalue weighted by Gasteiger charge is -2.43. The van der Waals surface area contributed by atoms with Gasteiger partial charge in [-0.25, -0.2) is 8.78 Å². The van der Waals surface area contributed by atoms with E-state index in [1.165, 1.54) is 42.5 Å². The van der Waals surface area contributed by atoms with Crippen molar-refractivity contribution in [3.8, 4) is 11.3 Å². The number of hydrogen-bond donors (Lipinski definition) is 2. The molecule has 9 heteroatoms. The molecule has 0 spiro atoms. The molecule has 2 heterocycles. The Bertz CT molecular complexity index is 1340. The second kappa shape index (κ2) is 12.7. The monoisotopic (exact) mass is 550 g/mol. The van der Waals surface area contributed by atoms with Gasteiger partial charge in [0.1, 0.15) is 11.6 Å². The van der Waals surface area contributed by atoms with Crippen LogP contribution in [-0.2, 0) is 11.2 Å². The van der Waals surface area contributed by atoms with E-state index in [9.17, 15) is 18.4 Å². The van der Waals surface area contributed by atoms with Gasteiger partial charge < -0.3 is 15.2 Å². The first kappa shape index (κ1) is 28.0. The van der Waals surface area contributed by atoms with Gasteiger partial charge in [0.05, 0.1) is 11.5 Å². The molecule has 3 aromatic rings. The molecular formula is C31H36F2N4O3. The lowest BCUT2D eigenvalue weighted by molar-refractivity contribution is -0.128. The average molecular weight is 551 g/mol. The molecule has 212 valence electrons. The van der Waals surface area contributed by atoms with Crippen molar-refractivity contribution in [3.05, 3.63) is 77.0 Å². The van der Waals surface area contributed by atoms with Crippen LogP contribution in [0.25, 0.3) is 11.3 Å². The highest BCUT2D eigenvalue weighted by Crippen LogP contribution is 2.28. The molecule has 1 aromatic heterocycles. The molecule has 0 radical (unpaired) electrons.